The van der Waals surface area contributed by atoms with E-state index in [0.29, 0.717) is 55.1 Å². The first-order valence-corrected chi connectivity index (χ1v) is 31.2. The van der Waals surface area contributed by atoms with Crippen LogP contribution in [0.5, 0.6) is 5.75 Å². The molecule has 0 aromatic heterocycles. The van der Waals surface area contributed by atoms with E-state index in [2.05, 4.69) is 0 Å². The zero-order valence-corrected chi connectivity index (χ0v) is 47.1. The third kappa shape index (κ3) is 11.8. The Hall–Kier alpha value is -7.86. The second kappa shape index (κ2) is 23.9. The van der Waals surface area contributed by atoms with Gasteiger partial charge in [-0.1, -0.05) is 0 Å². The Labute approximate surface area is 474 Å². The molecule has 0 unspecified atom stereocenters. The molecule has 0 bridgehead atoms. The van der Waals surface area contributed by atoms with Gasteiger partial charge in [-0.2, -0.15) is 0 Å². The van der Waals surface area contributed by atoms with Crippen molar-refractivity contribution in [2.75, 3.05) is 0 Å². The van der Waals surface area contributed by atoms with Gasteiger partial charge >= 0.3 is 476 Å². The first kappa shape index (κ1) is 58.8. The van der Waals surface area contributed by atoms with Crippen molar-refractivity contribution < 1.29 is 58.9 Å². The second-order valence-corrected chi connectivity index (χ2v) is 29.4. The van der Waals surface area contributed by atoms with Crippen LogP contribution in [-0.2, 0) is 43.0 Å². The molecule has 0 aliphatic carbocycles. The molecule has 0 saturated heterocycles. The third-order valence-electron chi connectivity index (χ3n) is 14.3. The van der Waals surface area contributed by atoms with Gasteiger partial charge in [0.2, 0.25) is 0 Å². The summed E-state index contributed by atoms with van der Waals surface area (Å²) >= 11 is 0. The molecule has 0 amide bonds. The Morgan fingerprint density at radius 3 is 0.878 bits per heavy atom. The first-order chi connectivity index (χ1) is 39.2. The number of carbonyl (C=O) groups excluding carboxylic acids is 2. The predicted molar refractivity (Wildman–Crippen MR) is 317 cm³/mol. The van der Waals surface area contributed by atoms with E-state index in [1.54, 1.807) is 76.2 Å². The molecule has 0 radical (unpaired) electrons. The van der Waals surface area contributed by atoms with Crippen molar-refractivity contribution in [1.29, 1.82) is 0 Å². The van der Waals surface area contributed by atoms with Gasteiger partial charge in [-0.3, -0.25) is 0 Å². The maximum absolute atomic E-state index is 15.1. The number of halogens is 6. The van der Waals surface area contributed by atoms with Gasteiger partial charge in [-0.05, 0) is 0 Å². The molecule has 9 aromatic rings. The van der Waals surface area contributed by atoms with Crippen molar-refractivity contribution in [3.63, 3.8) is 0 Å². The van der Waals surface area contributed by atoms with Crippen LogP contribution >= 0.6 is 13.7 Å². The third-order valence-corrected chi connectivity index (χ3v) is 25.8. The fourth-order valence-electron chi connectivity index (χ4n) is 10.6. The van der Waals surface area contributed by atoms with E-state index in [4.69, 9.17) is 23.0 Å². The van der Waals surface area contributed by atoms with Crippen LogP contribution < -0.4 is 36.5 Å². The first-order valence-electron chi connectivity index (χ1n) is 26.5. The summed E-state index contributed by atoms with van der Waals surface area (Å²) in [6, 6.07) is 70.2. The monoisotopic (exact) mass is 1150 g/mol. The van der Waals surface area contributed by atoms with Gasteiger partial charge in [0.15, 0.2) is 0 Å². The van der Waals surface area contributed by atoms with Crippen LogP contribution in [-0.4, -0.2) is 31.5 Å². The van der Waals surface area contributed by atoms with Crippen molar-refractivity contribution in [3.05, 3.63) is 282 Å². The SMILES string of the molecule is CC(C)OC(=O)c1ccc(CP(OB(Oc2cc(C(F)(F)F)cc(C(F)(F)F)c2)OP(Cc2ccc(C(=O)OC(C)C)cc2)(c2ccccc2)(c2ccccc2)c2ccccc2)(c2ccccc2)(c2ccccc2)c2ccccc2)cc1. The molecule has 0 heterocycles. The molecule has 0 aliphatic rings. The van der Waals surface area contributed by atoms with E-state index in [1.165, 1.54) is 0 Å². The zero-order chi connectivity index (χ0) is 58.2. The summed E-state index contributed by atoms with van der Waals surface area (Å²) in [7, 11) is -2.23. The van der Waals surface area contributed by atoms with Crippen LogP contribution in [0.1, 0.15) is 70.7 Å². The molecule has 420 valence electrons. The molecule has 0 N–H and O–H groups in total. The molecule has 7 nitrogen and oxygen atoms in total. The van der Waals surface area contributed by atoms with Gasteiger partial charge in [-0.15, -0.1) is 0 Å². The van der Waals surface area contributed by atoms with E-state index in [0.717, 1.165) is 0 Å². The van der Waals surface area contributed by atoms with Crippen LogP contribution in [0.4, 0.5) is 26.3 Å². The van der Waals surface area contributed by atoms with E-state index in [1.807, 2.05) is 182 Å². The molecule has 82 heavy (non-hydrogen) atoms. The summed E-state index contributed by atoms with van der Waals surface area (Å²) < 4.78 is 125. The van der Waals surface area contributed by atoms with Crippen LogP contribution in [0, 0.1) is 0 Å². The number of carbonyl (C=O) groups is 2. The molecule has 0 fully saturated rings. The van der Waals surface area contributed by atoms with Gasteiger partial charge in [0.1, 0.15) is 0 Å². The predicted octanol–water partition coefficient (Wildman–Crippen LogP) is 14.5. The molecule has 9 rings (SSSR count). The van der Waals surface area contributed by atoms with Gasteiger partial charge in [0.25, 0.3) is 0 Å². The van der Waals surface area contributed by atoms with E-state index in [-0.39, 0.29) is 29.5 Å². The van der Waals surface area contributed by atoms with Gasteiger partial charge in [0, 0.05) is 0 Å². The van der Waals surface area contributed by atoms with E-state index < -0.39 is 74.4 Å². The number of hydrogen-bond acceptors (Lipinski definition) is 7. The Morgan fingerprint density at radius 2 is 0.646 bits per heavy atom. The minimum absolute atomic E-state index is 0.0331. The standard InChI is InChI=1S/C66H59BF6O7P2/c1-48(2)76-63(74)52-39-35-50(36-40-52)46-81(57-23-11-5-12-24-57,58-25-13-6-14-26-58,59-27-15-7-16-28-59)79-67(78-56-44-54(65(68,69)70)43-55(45-56)66(71,72)73)80-82(60-29-17-8-18-30-60,61-31-19-9-20-32-61,62-33-21-10-22-34-62)47-51-37-41-53(42-38-51)64(75)77-49(3)4/h5-45,48-49H,46-47H2,1-4H3. The minimum atomic E-state index is -5.27. The van der Waals surface area contributed by atoms with Crippen molar-refractivity contribution in [2.24, 2.45) is 0 Å². The number of ether oxygens (including phenoxy) is 2. The van der Waals surface area contributed by atoms with Gasteiger partial charge in [0.05, 0.1) is 0 Å². The van der Waals surface area contributed by atoms with E-state index >= 15 is 26.3 Å². The summed E-state index contributed by atoms with van der Waals surface area (Å²) in [4.78, 5) is 26.7. The summed E-state index contributed by atoms with van der Waals surface area (Å²) in [5, 5.41) is 3.47. The summed E-state index contributed by atoms with van der Waals surface area (Å²) in [5.74, 6) is -1.96. The molecule has 0 spiro atoms. The number of benzene rings is 9. The van der Waals surface area contributed by atoms with Gasteiger partial charge in [-0.25, -0.2) is 0 Å². The number of alkyl halides is 6. The fourth-order valence-corrected chi connectivity index (χ4v) is 22.0. The quantitative estimate of drug-likeness (QED) is 0.0325. The van der Waals surface area contributed by atoms with Crippen LogP contribution in [0.2, 0.25) is 0 Å². The van der Waals surface area contributed by atoms with Crippen molar-refractivity contribution in [3.8, 4) is 5.75 Å². The molecular formula is C66H59BF6O7P2. The number of hydrogen-bond donors (Lipinski definition) is 0. The summed E-state index contributed by atoms with van der Waals surface area (Å²) in [6.45, 7) is -3.17. The molecule has 16 heteroatoms. The normalized spacial score (nSPS) is 13.1. The molecule has 0 aliphatic heterocycles. The number of rotatable bonds is 20. The summed E-state index contributed by atoms with van der Waals surface area (Å²) in [5.41, 5.74) is -1.47. The Bertz CT molecular complexity index is 3170. The second-order valence-electron chi connectivity index (χ2n) is 20.4. The molecule has 9 aromatic carbocycles. The Balaban J connectivity index is 1.44. The van der Waals surface area contributed by atoms with Crippen molar-refractivity contribution >= 4 is 64.7 Å². The van der Waals surface area contributed by atoms with Crippen LogP contribution in [0.25, 0.3) is 0 Å². The summed E-state index contributed by atoms with van der Waals surface area (Å²) in [6.07, 6.45) is -11.4. The van der Waals surface area contributed by atoms with Crippen molar-refractivity contribution in [1.82, 2.24) is 0 Å². The molecular weight excluding hydrogens is 1090 g/mol. The van der Waals surface area contributed by atoms with Crippen LogP contribution in [0.15, 0.2) is 249 Å². The Morgan fingerprint density at radius 1 is 0.390 bits per heavy atom. The molecule has 0 atom stereocenters. The molecule has 0 saturated carbocycles. The Kier molecular flexibility index (Phi) is 17.2. The van der Waals surface area contributed by atoms with Crippen molar-refractivity contribution in [2.45, 2.75) is 64.6 Å². The fraction of sp³-hybridized carbons (Fsp3) is 0.152. The maximum atomic E-state index is 15.1. The average molecular weight is 1150 g/mol. The van der Waals surface area contributed by atoms with E-state index in [9.17, 15) is 9.59 Å². The topological polar surface area (TPSA) is 80.3 Å². The average Bonchev–Trinajstić information content (AvgIpc) is 1.83. The zero-order valence-electron chi connectivity index (χ0n) is 45.3. The number of esters is 2. The van der Waals surface area contributed by atoms with Gasteiger partial charge < -0.3 is 0 Å². The van der Waals surface area contributed by atoms with Crippen LogP contribution in [0.3, 0.4) is 0 Å².